The van der Waals surface area contributed by atoms with E-state index in [1.54, 1.807) is 0 Å². The molecule has 0 spiro atoms. The molecule has 4 heteroatoms. The molecular formula is C21H25N3O. The van der Waals surface area contributed by atoms with Crippen molar-refractivity contribution < 1.29 is 4.74 Å². The predicted molar refractivity (Wildman–Crippen MR) is 99.2 cm³/mol. The first kappa shape index (κ1) is 17.6. The van der Waals surface area contributed by atoms with Crippen molar-refractivity contribution in [3.8, 4) is 6.07 Å². The summed E-state index contributed by atoms with van der Waals surface area (Å²) in [6.45, 7) is 7.38. The van der Waals surface area contributed by atoms with Gasteiger partial charge in [0.25, 0.3) is 0 Å². The molecule has 1 atom stereocenters. The fraction of sp³-hybridized carbons (Fsp3) is 0.381. The second-order valence-corrected chi connectivity index (χ2v) is 6.52. The Bertz CT molecular complexity index is 715. The minimum absolute atomic E-state index is 0.349. The average molecular weight is 335 g/mol. The molecule has 1 unspecified atom stereocenters. The third-order valence-electron chi connectivity index (χ3n) is 4.66. The Morgan fingerprint density at radius 2 is 1.92 bits per heavy atom. The molecule has 2 aromatic rings. The van der Waals surface area contributed by atoms with Gasteiger partial charge < -0.3 is 10.1 Å². The lowest BCUT2D eigenvalue weighted by Gasteiger charge is -2.35. The lowest BCUT2D eigenvalue weighted by Crippen LogP contribution is -2.42. The van der Waals surface area contributed by atoms with Crippen molar-refractivity contribution in [1.82, 2.24) is 10.2 Å². The number of aryl methyl sites for hydroxylation is 1. The van der Waals surface area contributed by atoms with Crippen LogP contribution >= 0.6 is 0 Å². The van der Waals surface area contributed by atoms with Gasteiger partial charge in [0, 0.05) is 32.2 Å². The van der Waals surface area contributed by atoms with Gasteiger partial charge in [0.2, 0.25) is 0 Å². The third kappa shape index (κ3) is 4.90. The molecule has 2 aromatic carbocycles. The van der Waals surface area contributed by atoms with Gasteiger partial charge in [-0.15, -0.1) is 0 Å². The Morgan fingerprint density at radius 1 is 1.16 bits per heavy atom. The number of rotatable bonds is 6. The molecule has 1 saturated heterocycles. The number of nitriles is 1. The Morgan fingerprint density at radius 3 is 2.60 bits per heavy atom. The van der Waals surface area contributed by atoms with E-state index in [1.807, 2.05) is 24.3 Å². The second-order valence-electron chi connectivity index (χ2n) is 6.52. The summed E-state index contributed by atoms with van der Waals surface area (Å²) >= 11 is 0. The molecule has 0 bridgehead atoms. The highest BCUT2D eigenvalue weighted by Crippen LogP contribution is 2.22. The molecule has 25 heavy (non-hydrogen) atoms. The molecule has 0 aliphatic carbocycles. The topological polar surface area (TPSA) is 48.3 Å². The monoisotopic (exact) mass is 335 g/mol. The molecule has 0 amide bonds. The standard InChI is InChI=1S/C21H25N3O/c1-17-3-2-4-20(13-17)21(24-9-11-25-12-10-24)16-23-15-19-7-5-18(14-22)6-8-19/h2-8,13,21,23H,9-12,15-16H2,1H3. The molecule has 1 heterocycles. The summed E-state index contributed by atoms with van der Waals surface area (Å²) in [6.07, 6.45) is 0. The minimum atomic E-state index is 0.349. The molecule has 4 nitrogen and oxygen atoms in total. The lowest BCUT2D eigenvalue weighted by atomic mass is 10.0. The highest BCUT2D eigenvalue weighted by atomic mass is 16.5. The molecule has 130 valence electrons. The largest absolute Gasteiger partial charge is 0.379 e. The van der Waals surface area contributed by atoms with Crippen molar-refractivity contribution in [1.29, 1.82) is 5.26 Å². The first-order chi connectivity index (χ1) is 12.3. The molecule has 0 saturated carbocycles. The van der Waals surface area contributed by atoms with Crippen molar-refractivity contribution in [2.45, 2.75) is 19.5 Å². The summed E-state index contributed by atoms with van der Waals surface area (Å²) in [5.74, 6) is 0. The maximum Gasteiger partial charge on any atom is 0.0991 e. The quantitative estimate of drug-likeness (QED) is 0.881. The summed E-state index contributed by atoms with van der Waals surface area (Å²) in [6, 6.07) is 19.1. The van der Waals surface area contributed by atoms with Crippen molar-refractivity contribution in [2.24, 2.45) is 0 Å². The van der Waals surface area contributed by atoms with Gasteiger partial charge in [0.15, 0.2) is 0 Å². The van der Waals surface area contributed by atoms with E-state index >= 15 is 0 Å². The van der Waals surface area contributed by atoms with Crippen LogP contribution in [0.25, 0.3) is 0 Å². The van der Waals surface area contributed by atoms with E-state index in [4.69, 9.17) is 10.00 Å². The van der Waals surface area contributed by atoms with Gasteiger partial charge in [0.05, 0.1) is 24.8 Å². The first-order valence-electron chi connectivity index (χ1n) is 8.84. The average Bonchev–Trinajstić information content (AvgIpc) is 2.66. The van der Waals surface area contributed by atoms with Gasteiger partial charge >= 0.3 is 0 Å². The van der Waals surface area contributed by atoms with Gasteiger partial charge in [-0.25, -0.2) is 0 Å². The van der Waals surface area contributed by atoms with Crippen LogP contribution in [-0.4, -0.2) is 37.7 Å². The fourth-order valence-corrected chi connectivity index (χ4v) is 3.27. The summed E-state index contributed by atoms with van der Waals surface area (Å²) in [7, 11) is 0. The van der Waals surface area contributed by atoms with E-state index in [1.165, 1.54) is 16.7 Å². The summed E-state index contributed by atoms with van der Waals surface area (Å²) in [4.78, 5) is 2.50. The number of nitrogens with one attached hydrogen (secondary N) is 1. The Hall–Kier alpha value is -2.19. The van der Waals surface area contributed by atoms with Crippen LogP contribution in [-0.2, 0) is 11.3 Å². The van der Waals surface area contributed by atoms with Crippen LogP contribution in [0.15, 0.2) is 48.5 Å². The van der Waals surface area contributed by atoms with Crippen LogP contribution in [0.5, 0.6) is 0 Å². The first-order valence-corrected chi connectivity index (χ1v) is 8.84. The van der Waals surface area contributed by atoms with E-state index in [0.29, 0.717) is 11.6 Å². The molecule has 1 aliphatic rings. The second kappa shape index (κ2) is 8.77. The third-order valence-corrected chi connectivity index (χ3v) is 4.66. The maximum absolute atomic E-state index is 8.89. The zero-order chi connectivity index (χ0) is 17.5. The Labute approximate surface area is 150 Å². The van der Waals surface area contributed by atoms with E-state index in [-0.39, 0.29) is 0 Å². The fourth-order valence-electron chi connectivity index (χ4n) is 3.27. The van der Waals surface area contributed by atoms with Crippen LogP contribution in [0.2, 0.25) is 0 Å². The zero-order valence-corrected chi connectivity index (χ0v) is 14.7. The summed E-state index contributed by atoms with van der Waals surface area (Å²) < 4.78 is 5.52. The normalized spacial score (nSPS) is 16.3. The number of benzene rings is 2. The molecule has 0 aromatic heterocycles. The van der Waals surface area contributed by atoms with Crippen LogP contribution in [0.4, 0.5) is 0 Å². The summed E-state index contributed by atoms with van der Waals surface area (Å²) in [5.41, 5.74) is 4.55. The molecule has 3 rings (SSSR count). The molecular weight excluding hydrogens is 310 g/mol. The van der Waals surface area contributed by atoms with Gasteiger partial charge in [-0.1, -0.05) is 42.0 Å². The van der Waals surface area contributed by atoms with Crippen LogP contribution < -0.4 is 5.32 Å². The van der Waals surface area contributed by atoms with Crippen molar-refractivity contribution in [2.75, 3.05) is 32.8 Å². The Kier molecular flexibility index (Phi) is 6.19. The van der Waals surface area contributed by atoms with E-state index < -0.39 is 0 Å². The minimum Gasteiger partial charge on any atom is -0.379 e. The molecule has 0 radical (unpaired) electrons. The van der Waals surface area contributed by atoms with E-state index in [0.717, 1.165) is 39.4 Å². The van der Waals surface area contributed by atoms with Gasteiger partial charge in [-0.05, 0) is 30.2 Å². The summed E-state index contributed by atoms with van der Waals surface area (Å²) in [5, 5.41) is 12.5. The Balaban J connectivity index is 1.65. The SMILES string of the molecule is Cc1cccc(C(CNCc2ccc(C#N)cc2)N2CCOCC2)c1. The van der Waals surface area contributed by atoms with Gasteiger partial charge in [-0.2, -0.15) is 5.26 Å². The molecule has 1 aliphatic heterocycles. The van der Waals surface area contributed by atoms with E-state index in [9.17, 15) is 0 Å². The highest BCUT2D eigenvalue weighted by molar-refractivity contribution is 5.31. The number of nitrogens with zero attached hydrogens (tertiary/aromatic N) is 2. The van der Waals surface area contributed by atoms with Crippen molar-refractivity contribution in [3.05, 3.63) is 70.8 Å². The number of morpholine rings is 1. The van der Waals surface area contributed by atoms with Crippen LogP contribution in [0.1, 0.15) is 28.3 Å². The van der Waals surface area contributed by atoms with Crippen LogP contribution in [0, 0.1) is 18.3 Å². The maximum atomic E-state index is 8.89. The predicted octanol–water partition coefficient (Wildman–Crippen LogP) is 3.03. The smallest absolute Gasteiger partial charge is 0.0991 e. The number of hydrogen-bond donors (Lipinski definition) is 1. The van der Waals surface area contributed by atoms with Crippen molar-refractivity contribution >= 4 is 0 Å². The molecule has 1 N–H and O–H groups in total. The number of ether oxygens (including phenoxy) is 1. The molecule has 1 fully saturated rings. The van der Waals surface area contributed by atoms with Gasteiger partial charge in [-0.3, -0.25) is 4.90 Å². The van der Waals surface area contributed by atoms with Gasteiger partial charge in [0.1, 0.15) is 0 Å². The zero-order valence-electron chi connectivity index (χ0n) is 14.7. The number of hydrogen-bond acceptors (Lipinski definition) is 4. The van der Waals surface area contributed by atoms with Crippen LogP contribution in [0.3, 0.4) is 0 Å². The lowest BCUT2D eigenvalue weighted by molar-refractivity contribution is 0.0161. The van der Waals surface area contributed by atoms with Crippen molar-refractivity contribution in [3.63, 3.8) is 0 Å². The van der Waals surface area contributed by atoms with E-state index in [2.05, 4.69) is 47.5 Å². The highest BCUT2D eigenvalue weighted by Gasteiger charge is 2.22.